The van der Waals surface area contributed by atoms with E-state index in [1.807, 2.05) is 18.2 Å². The summed E-state index contributed by atoms with van der Waals surface area (Å²) < 4.78 is 11.8. The summed E-state index contributed by atoms with van der Waals surface area (Å²) in [6.07, 6.45) is 1.55. The summed E-state index contributed by atoms with van der Waals surface area (Å²) in [5.74, 6) is -0.896. The van der Waals surface area contributed by atoms with Crippen molar-refractivity contribution in [1.82, 2.24) is 9.55 Å². The Balaban J connectivity index is 1.50. The van der Waals surface area contributed by atoms with Crippen molar-refractivity contribution in [3.63, 3.8) is 0 Å². The number of H-pyrrole nitrogens is 1. The van der Waals surface area contributed by atoms with Crippen LogP contribution < -0.4 is 27.2 Å². The Morgan fingerprint density at radius 1 is 1.05 bits per heavy atom. The number of carbonyl (C=O) groups is 2. The van der Waals surface area contributed by atoms with Crippen molar-refractivity contribution in [2.24, 2.45) is 0 Å². The molecule has 38 heavy (non-hydrogen) atoms. The van der Waals surface area contributed by atoms with Gasteiger partial charge in [0.15, 0.2) is 12.3 Å². The highest BCUT2D eigenvalue weighted by atomic mass is 16.5. The fourth-order valence-electron chi connectivity index (χ4n) is 3.91. The molecule has 1 amide bonds. The van der Waals surface area contributed by atoms with Gasteiger partial charge in [-0.1, -0.05) is 42.5 Å². The molecule has 11 heteroatoms. The molecule has 0 fully saturated rings. The second kappa shape index (κ2) is 11.8. The fraction of sp³-hybridized carbons (Fsp3) is 0.185. The lowest BCUT2D eigenvalue weighted by Crippen LogP contribution is -2.42. The number of esters is 1. The summed E-state index contributed by atoms with van der Waals surface area (Å²) in [4.78, 5) is 54.3. The summed E-state index contributed by atoms with van der Waals surface area (Å²) in [5.41, 5.74) is 6.02. The van der Waals surface area contributed by atoms with Crippen LogP contribution in [0.1, 0.15) is 28.6 Å². The molecule has 0 bridgehead atoms. The quantitative estimate of drug-likeness (QED) is 0.271. The zero-order valence-electron chi connectivity index (χ0n) is 20.7. The smallest absolute Gasteiger partial charge is 0.340 e. The Morgan fingerprint density at radius 3 is 2.50 bits per heavy atom. The van der Waals surface area contributed by atoms with Crippen LogP contribution in [0.5, 0.6) is 0 Å². The van der Waals surface area contributed by atoms with Gasteiger partial charge in [-0.25, -0.2) is 9.59 Å². The van der Waals surface area contributed by atoms with Crippen LogP contribution in [0.25, 0.3) is 0 Å². The highest BCUT2D eigenvalue weighted by Gasteiger charge is 2.24. The van der Waals surface area contributed by atoms with Crippen molar-refractivity contribution in [2.45, 2.75) is 20.0 Å². The molecule has 0 aliphatic heterocycles. The number of nitrogens with one attached hydrogen (secondary N) is 2. The van der Waals surface area contributed by atoms with Crippen molar-refractivity contribution in [1.29, 1.82) is 0 Å². The van der Waals surface area contributed by atoms with E-state index in [4.69, 9.17) is 14.9 Å². The summed E-state index contributed by atoms with van der Waals surface area (Å²) in [6, 6.07) is 19.3. The van der Waals surface area contributed by atoms with E-state index in [0.717, 1.165) is 10.5 Å². The van der Waals surface area contributed by atoms with E-state index >= 15 is 0 Å². The molecule has 196 valence electrons. The number of nitrogen functional groups attached to an aromatic ring is 1. The number of benzene rings is 2. The monoisotopic (exact) mass is 517 g/mol. The Bertz CT molecular complexity index is 1530. The average Bonchev–Trinajstić information content (AvgIpc) is 3.45. The normalized spacial score (nSPS) is 10.7. The minimum absolute atomic E-state index is 0.0501. The first-order valence-corrected chi connectivity index (χ1v) is 11.9. The van der Waals surface area contributed by atoms with Crippen molar-refractivity contribution >= 4 is 29.1 Å². The van der Waals surface area contributed by atoms with Crippen LogP contribution in [-0.2, 0) is 22.6 Å². The van der Waals surface area contributed by atoms with Gasteiger partial charge in [0, 0.05) is 12.2 Å². The van der Waals surface area contributed by atoms with Gasteiger partial charge < -0.3 is 25.1 Å². The lowest BCUT2D eigenvalue weighted by Gasteiger charge is -2.23. The van der Waals surface area contributed by atoms with E-state index in [2.05, 4.69) is 10.3 Å². The molecule has 0 aliphatic rings. The Kier molecular flexibility index (Phi) is 8.07. The number of anilines is 3. The van der Waals surface area contributed by atoms with Gasteiger partial charge in [-0.05, 0) is 36.8 Å². The number of furan rings is 1. The summed E-state index contributed by atoms with van der Waals surface area (Å²) in [7, 11) is 0. The van der Waals surface area contributed by atoms with Crippen molar-refractivity contribution in [2.75, 3.05) is 29.1 Å². The van der Waals surface area contributed by atoms with Crippen LogP contribution in [0.15, 0.2) is 87.0 Å². The van der Waals surface area contributed by atoms with Gasteiger partial charge in [0.2, 0.25) is 0 Å². The molecule has 11 nitrogen and oxygen atoms in total. The predicted octanol–water partition coefficient (Wildman–Crippen LogP) is 2.58. The number of amides is 1. The minimum Gasteiger partial charge on any atom is -0.467 e. The maximum Gasteiger partial charge on any atom is 0.340 e. The molecule has 0 saturated carbocycles. The molecule has 4 rings (SSSR count). The van der Waals surface area contributed by atoms with Gasteiger partial charge in [-0.3, -0.25) is 19.1 Å². The lowest BCUT2D eigenvalue weighted by atomic mass is 10.2. The van der Waals surface area contributed by atoms with Crippen LogP contribution >= 0.6 is 0 Å². The molecule has 0 unspecified atom stereocenters. The van der Waals surface area contributed by atoms with E-state index in [9.17, 15) is 19.2 Å². The number of hydrogen-bond acceptors (Lipinski definition) is 8. The number of hydrogen-bond donors (Lipinski definition) is 3. The predicted molar refractivity (Wildman–Crippen MR) is 142 cm³/mol. The Hall–Kier alpha value is -5.06. The van der Waals surface area contributed by atoms with Crippen molar-refractivity contribution in [3.8, 4) is 0 Å². The number of nitrogens with two attached hydrogens (primary N) is 1. The highest BCUT2D eigenvalue weighted by molar-refractivity contribution is 6.00. The van der Waals surface area contributed by atoms with Gasteiger partial charge in [-0.2, -0.15) is 0 Å². The molecule has 0 atom stereocenters. The van der Waals surface area contributed by atoms with Crippen LogP contribution in [0.4, 0.5) is 17.2 Å². The second-order valence-corrected chi connectivity index (χ2v) is 8.26. The number of aromatic nitrogens is 2. The van der Waals surface area contributed by atoms with Crippen molar-refractivity contribution in [3.05, 3.63) is 111 Å². The summed E-state index contributed by atoms with van der Waals surface area (Å²) in [6.45, 7) is 1.49. The number of para-hydroxylation sites is 1. The van der Waals surface area contributed by atoms with Crippen LogP contribution in [0, 0.1) is 0 Å². The van der Waals surface area contributed by atoms with E-state index < -0.39 is 29.7 Å². The molecular formula is C27H27N5O6. The summed E-state index contributed by atoms with van der Waals surface area (Å²) in [5, 5.41) is 3.11. The van der Waals surface area contributed by atoms with E-state index in [1.165, 1.54) is 4.57 Å². The zero-order valence-corrected chi connectivity index (χ0v) is 20.7. The molecule has 0 saturated heterocycles. The Morgan fingerprint density at radius 2 is 1.79 bits per heavy atom. The molecule has 4 aromatic rings. The highest BCUT2D eigenvalue weighted by Crippen LogP contribution is 2.20. The second-order valence-electron chi connectivity index (χ2n) is 8.26. The largest absolute Gasteiger partial charge is 0.467 e. The van der Waals surface area contributed by atoms with Crippen molar-refractivity contribution < 1.29 is 18.7 Å². The molecule has 0 spiro atoms. The average molecular weight is 518 g/mol. The lowest BCUT2D eigenvalue weighted by molar-refractivity contribution is -0.121. The molecule has 0 aliphatic carbocycles. The van der Waals surface area contributed by atoms with Crippen LogP contribution in [-0.4, -0.2) is 34.6 Å². The minimum atomic E-state index is -0.814. The third-order valence-corrected chi connectivity index (χ3v) is 5.79. The number of aromatic amines is 1. The van der Waals surface area contributed by atoms with Gasteiger partial charge in [0.25, 0.3) is 11.5 Å². The number of likely N-dealkylation sites (N-methyl/N-ethyl adjacent to an activating group) is 1. The van der Waals surface area contributed by atoms with Crippen LogP contribution in [0.2, 0.25) is 0 Å². The number of carbonyl (C=O) groups excluding carboxylic acids is 2. The number of ether oxygens (including phenoxy) is 1. The van der Waals surface area contributed by atoms with Gasteiger partial charge >= 0.3 is 11.7 Å². The van der Waals surface area contributed by atoms with Gasteiger partial charge in [-0.15, -0.1) is 0 Å². The zero-order chi connectivity index (χ0) is 27.1. The SMILES string of the molecule is CCN(C(=O)COC(=O)c1ccccc1NCc1ccco1)c1c(N)n(Cc2ccccc2)c(=O)[nH]c1=O. The molecule has 2 aromatic carbocycles. The molecule has 4 N–H and O–H groups in total. The maximum atomic E-state index is 13.1. The third kappa shape index (κ3) is 5.84. The van der Waals surface area contributed by atoms with E-state index in [0.29, 0.717) is 18.0 Å². The van der Waals surface area contributed by atoms with Gasteiger partial charge in [0.1, 0.15) is 11.6 Å². The topological polar surface area (TPSA) is 153 Å². The number of rotatable bonds is 10. The van der Waals surface area contributed by atoms with E-state index in [-0.39, 0.29) is 30.2 Å². The summed E-state index contributed by atoms with van der Waals surface area (Å²) >= 11 is 0. The molecule has 2 heterocycles. The maximum absolute atomic E-state index is 13.1. The first-order valence-electron chi connectivity index (χ1n) is 11.9. The third-order valence-electron chi connectivity index (χ3n) is 5.79. The molecular weight excluding hydrogens is 490 g/mol. The standard InChI is InChI=1S/C27H27N5O6/c1-2-31(23-24(28)32(27(36)30-25(23)34)16-18-9-4-3-5-10-18)22(33)17-38-26(35)20-12-6-7-13-21(20)29-15-19-11-8-14-37-19/h3-14,29H,2,15-17,28H2,1H3,(H,30,34,36). The van der Waals surface area contributed by atoms with E-state index in [1.54, 1.807) is 61.7 Å². The fourth-order valence-corrected chi connectivity index (χ4v) is 3.91. The van der Waals surface area contributed by atoms with Gasteiger partial charge in [0.05, 0.1) is 24.9 Å². The first-order chi connectivity index (χ1) is 18.4. The Labute approximate surface area is 217 Å². The molecule has 0 radical (unpaired) electrons. The molecule has 2 aromatic heterocycles. The first kappa shape index (κ1) is 26.0. The number of nitrogens with zero attached hydrogens (tertiary/aromatic N) is 2. The van der Waals surface area contributed by atoms with Crippen LogP contribution in [0.3, 0.4) is 0 Å².